The van der Waals surface area contributed by atoms with Gasteiger partial charge in [-0.25, -0.2) is 4.79 Å². The summed E-state index contributed by atoms with van der Waals surface area (Å²) in [5.41, 5.74) is 0.788. The van der Waals surface area contributed by atoms with Crippen LogP contribution in [0.1, 0.15) is 29.2 Å². The van der Waals surface area contributed by atoms with Gasteiger partial charge in [0.15, 0.2) is 0 Å². The van der Waals surface area contributed by atoms with Crippen molar-refractivity contribution in [3.8, 4) is 0 Å². The zero-order valence-corrected chi connectivity index (χ0v) is 8.39. The Morgan fingerprint density at radius 3 is 2.92 bits per heavy atom. The predicted octanol–water partition coefficient (Wildman–Crippen LogP) is 1.34. The van der Waals surface area contributed by atoms with Crippen LogP contribution in [0, 0.1) is 0 Å². The average Bonchev–Trinajstić information content (AvgIpc) is 2.48. The Kier molecular flexibility index (Phi) is 3.39. The molecule has 0 aromatic carbocycles. The van der Waals surface area contributed by atoms with Crippen LogP contribution in [0.2, 0.25) is 0 Å². The molecule has 0 radical (unpaired) electrons. The summed E-state index contributed by atoms with van der Waals surface area (Å²) in [4.78, 5) is 10.8. The fraction of sp³-hybridized carbons (Fsp3) is 0.500. The van der Waals surface area contributed by atoms with E-state index in [1.54, 1.807) is 6.07 Å². The van der Waals surface area contributed by atoms with Gasteiger partial charge in [0.25, 0.3) is 0 Å². The quantitative estimate of drug-likeness (QED) is 0.770. The lowest BCUT2D eigenvalue weighted by atomic mass is 10.3. The van der Waals surface area contributed by atoms with Gasteiger partial charge >= 0.3 is 5.97 Å². The molecule has 0 unspecified atom stereocenters. The third-order valence-electron chi connectivity index (χ3n) is 1.46. The molecule has 0 amide bonds. The van der Waals surface area contributed by atoms with E-state index in [2.05, 4.69) is 9.69 Å². The Hall–Kier alpha value is -0.940. The van der Waals surface area contributed by atoms with Crippen LogP contribution >= 0.6 is 11.5 Å². The highest BCUT2D eigenvalue weighted by atomic mass is 32.1. The number of nitrogens with one attached hydrogen (secondary N) is 1. The van der Waals surface area contributed by atoms with Crippen LogP contribution in [0.15, 0.2) is 6.07 Å². The molecule has 0 aliphatic carbocycles. The number of rotatable bonds is 4. The third kappa shape index (κ3) is 3.12. The fourth-order valence-corrected chi connectivity index (χ4v) is 1.40. The van der Waals surface area contributed by atoms with E-state index in [1.165, 1.54) is 0 Å². The number of aromatic carboxylic acids is 1. The first-order chi connectivity index (χ1) is 6.09. The minimum Gasteiger partial charge on any atom is -0.477 e. The van der Waals surface area contributed by atoms with Crippen molar-refractivity contribution in [2.75, 3.05) is 0 Å². The van der Waals surface area contributed by atoms with Crippen molar-refractivity contribution in [1.82, 2.24) is 9.69 Å². The summed E-state index contributed by atoms with van der Waals surface area (Å²) in [6.07, 6.45) is 0. The topological polar surface area (TPSA) is 62.2 Å². The van der Waals surface area contributed by atoms with Crippen molar-refractivity contribution in [3.05, 3.63) is 16.6 Å². The van der Waals surface area contributed by atoms with Crippen LogP contribution in [0.5, 0.6) is 0 Å². The first-order valence-corrected chi connectivity index (χ1v) is 4.79. The summed E-state index contributed by atoms with van der Waals surface area (Å²) in [6.45, 7) is 4.69. The summed E-state index contributed by atoms with van der Waals surface area (Å²) in [6, 6.07) is 1.98. The van der Waals surface area contributed by atoms with Crippen LogP contribution in [-0.4, -0.2) is 21.5 Å². The molecule has 0 bridgehead atoms. The smallest absolute Gasteiger partial charge is 0.347 e. The molecule has 1 aromatic rings. The monoisotopic (exact) mass is 200 g/mol. The van der Waals surface area contributed by atoms with Crippen molar-refractivity contribution < 1.29 is 9.90 Å². The van der Waals surface area contributed by atoms with Gasteiger partial charge in [-0.1, -0.05) is 13.8 Å². The zero-order chi connectivity index (χ0) is 9.84. The van der Waals surface area contributed by atoms with E-state index >= 15 is 0 Å². The van der Waals surface area contributed by atoms with Crippen LogP contribution in [0.25, 0.3) is 0 Å². The molecule has 0 spiro atoms. The number of nitrogens with zero attached hydrogens (tertiary/aromatic N) is 1. The second-order valence-corrected chi connectivity index (χ2v) is 3.83. The molecule has 0 fully saturated rings. The van der Waals surface area contributed by atoms with Gasteiger partial charge < -0.3 is 10.4 Å². The van der Waals surface area contributed by atoms with Gasteiger partial charge in [0.05, 0.1) is 5.69 Å². The van der Waals surface area contributed by atoms with Gasteiger partial charge in [-0.2, -0.15) is 4.37 Å². The lowest BCUT2D eigenvalue weighted by molar-refractivity contribution is 0.0702. The van der Waals surface area contributed by atoms with Crippen LogP contribution in [0.3, 0.4) is 0 Å². The van der Waals surface area contributed by atoms with E-state index in [9.17, 15) is 4.79 Å². The van der Waals surface area contributed by atoms with Crippen molar-refractivity contribution in [2.24, 2.45) is 0 Å². The van der Waals surface area contributed by atoms with Gasteiger partial charge in [-0.15, -0.1) is 0 Å². The summed E-state index contributed by atoms with van der Waals surface area (Å²) < 4.78 is 4.01. The first kappa shape index (κ1) is 10.1. The maximum Gasteiger partial charge on any atom is 0.347 e. The maximum absolute atomic E-state index is 10.5. The summed E-state index contributed by atoms with van der Waals surface area (Å²) in [7, 11) is 0. The fourth-order valence-electron chi connectivity index (χ4n) is 0.805. The van der Waals surface area contributed by atoms with Crippen molar-refractivity contribution >= 4 is 17.5 Å². The second kappa shape index (κ2) is 4.34. The lowest BCUT2D eigenvalue weighted by Gasteiger charge is -2.04. The Morgan fingerprint density at radius 1 is 1.77 bits per heavy atom. The van der Waals surface area contributed by atoms with Gasteiger partial charge in [0.2, 0.25) is 0 Å². The number of carboxylic acids is 1. The molecular formula is C8H12N2O2S. The second-order valence-electron chi connectivity index (χ2n) is 3.02. The Morgan fingerprint density at radius 2 is 2.46 bits per heavy atom. The van der Waals surface area contributed by atoms with Crippen LogP contribution in [-0.2, 0) is 6.54 Å². The molecule has 0 saturated heterocycles. The van der Waals surface area contributed by atoms with Crippen LogP contribution < -0.4 is 5.32 Å². The SMILES string of the molecule is CC(C)NCc1cc(C(=O)O)sn1. The Labute approximate surface area is 80.8 Å². The van der Waals surface area contributed by atoms with Gasteiger partial charge in [0, 0.05) is 12.6 Å². The standard InChI is InChI=1S/C8H12N2O2S/c1-5(2)9-4-6-3-7(8(11)12)13-10-6/h3,5,9H,4H2,1-2H3,(H,11,12). The van der Waals surface area contributed by atoms with E-state index in [4.69, 9.17) is 5.11 Å². The molecular weight excluding hydrogens is 188 g/mol. The maximum atomic E-state index is 10.5. The minimum absolute atomic E-state index is 0.292. The molecule has 0 aliphatic heterocycles. The summed E-state index contributed by atoms with van der Waals surface area (Å²) in [5.74, 6) is -0.909. The molecule has 1 heterocycles. The van der Waals surface area contributed by atoms with Gasteiger partial charge in [-0.3, -0.25) is 0 Å². The zero-order valence-electron chi connectivity index (χ0n) is 7.57. The number of carbonyl (C=O) groups is 1. The molecule has 2 N–H and O–H groups in total. The third-order valence-corrected chi connectivity index (χ3v) is 2.28. The highest BCUT2D eigenvalue weighted by Crippen LogP contribution is 2.09. The summed E-state index contributed by atoms with van der Waals surface area (Å²) in [5, 5.41) is 11.8. The largest absolute Gasteiger partial charge is 0.477 e. The number of aromatic nitrogens is 1. The first-order valence-electron chi connectivity index (χ1n) is 4.02. The normalized spacial score (nSPS) is 10.7. The molecule has 72 valence electrons. The van der Waals surface area contributed by atoms with E-state index in [1.807, 2.05) is 13.8 Å². The molecule has 5 heteroatoms. The van der Waals surface area contributed by atoms with E-state index in [0.29, 0.717) is 17.5 Å². The molecule has 4 nitrogen and oxygen atoms in total. The highest BCUT2D eigenvalue weighted by molar-refractivity contribution is 7.08. The lowest BCUT2D eigenvalue weighted by Crippen LogP contribution is -2.21. The van der Waals surface area contributed by atoms with Gasteiger partial charge in [0.1, 0.15) is 4.88 Å². The molecule has 1 aromatic heterocycles. The summed E-state index contributed by atoms with van der Waals surface area (Å²) >= 11 is 1.02. The average molecular weight is 200 g/mol. The van der Waals surface area contributed by atoms with Crippen molar-refractivity contribution in [3.63, 3.8) is 0 Å². The Bertz CT molecular complexity index is 296. The van der Waals surface area contributed by atoms with Crippen LogP contribution in [0.4, 0.5) is 0 Å². The number of hydrogen-bond donors (Lipinski definition) is 2. The molecule has 0 atom stereocenters. The number of carboxylic acid groups (broad SMARTS) is 1. The van der Waals surface area contributed by atoms with Crippen molar-refractivity contribution in [2.45, 2.75) is 26.4 Å². The van der Waals surface area contributed by atoms with E-state index < -0.39 is 5.97 Å². The van der Waals surface area contributed by atoms with E-state index in [0.717, 1.165) is 17.2 Å². The van der Waals surface area contributed by atoms with E-state index in [-0.39, 0.29) is 0 Å². The predicted molar refractivity (Wildman–Crippen MR) is 51.0 cm³/mol. The highest BCUT2D eigenvalue weighted by Gasteiger charge is 2.07. The van der Waals surface area contributed by atoms with Gasteiger partial charge in [-0.05, 0) is 17.6 Å². The minimum atomic E-state index is -0.909. The van der Waals surface area contributed by atoms with Crippen molar-refractivity contribution in [1.29, 1.82) is 0 Å². The Balaban J connectivity index is 2.54. The molecule has 1 rings (SSSR count). The molecule has 13 heavy (non-hydrogen) atoms. The number of hydrogen-bond acceptors (Lipinski definition) is 4. The molecule has 0 saturated carbocycles. The molecule has 0 aliphatic rings.